The van der Waals surface area contributed by atoms with Gasteiger partial charge in [-0.25, -0.2) is 19.3 Å². The van der Waals surface area contributed by atoms with Gasteiger partial charge in [-0.2, -0.15) is 0 Å². The molecule has 0 N–H and O–H groups in total. The van der Waals surface area contributed by atoms with Crippen LogP contribution in [0.2, 0.25) is 0 Å². The minimum Gasteiger partial charge on any atom is -0.377 e. The average Bonchev–Trinajstić information content (AvgIpc) is 3.94. The molecule has 8 heteroatoms. The van der Waals surface area contributed by atoms with Gasteiger partial charge in [-0.15, -0.1) is 10.2 Å². The van der Waals surface area contributed by atoms with Crippen LogP contribution in [-0.4, -0.2) is 65.5 Å². The first-order chi connectivity index (χ1) is 22.8. The molecule has 2 aliphatic heterocycles. The van der Waals surface area contributed by atoms with E-state index in [9.17, 15) is 0 Å². The van der Waals surface area contributed by atoms with Crippen LogP contribution in [-0.2, 0) is 0 Å². The molecule has 46 heavy (non-hydrogen) atoms. The summed E-state index contributed by atoms with van der Waals surface area (Å²) < 4.78 is 3.78. The van der Waals surface area contributed by atoms with Gasteiger partial charge in [0.1, 0.15) is 0 Å². The number of benzene rings is 3. The van der Waals surface area contributed by atoms with E-state index in [1.807, 2.05) is 113 Å². The quantitative estimate of drug-likeness (QED) is 0.154. The second-order valence-corrected chi connectivity index (χ2v) is 11.6. The van der Waals surface area contributed by atoms with Gasteiger partial charge in [0.2, 0.25) is 0 Å². The highest BCUT2D eigenvalue weighted by Crippen LogP contribution is 2.26. The van der Waals surface area contributed by atoms with E-state index in [1.165, 1.54) is 25.7 Å². The molecule has 0 atom stereocenters. The summed E-state index contributed by atoms with van der Waals surface area (Å²) in [6.45, 7) is 4.49. The van der Waals surface area contributed by atoms with Crippen molar-refractivity contribution in [1.82, 2.24) is 39.3 Å². The van der Waals surface area contributed by atoms with E-state index in [0.717, 1.165) is 60.3 Å². The van der Waals surface area contributed by atoms with E-state index in [-0.39, 0.29) is 0 Å². The maximum atomic E-state index is 4.96. The highest BCUT2D eigenvalue weighted by molar-refractivity contribution is 5.67. The minimum absolute atomic E-state index is 0.642. The average molecular weight is 607 g/mol. The second kappa shape index (κ2) is 14.1. The van der Waals surface area contributed by atoms with Gasteiger partial charge in [0.15, 0.2) is 23.3 Å². The SMILES string of the molecule is C(/C=C/N1CCCC1)=C\c1nc(-c2cccc(-c3nc(/C=C/C=C/N4CCCC4)n(-c4ccccc4)n3)c2)nn1-c1ccccc1. The number of hydrogen-bond donors (Lipinski definition) is 0. The first kappa shape index (κ1) is 29.2. The highest BCUT2D eigenvalue weighted by atomic mass is 15.4. The van der Waals surface area contributed by atoms with E-state index < -0.39 is 0 Å². The number of hydrogen-bond acceptors (Lipinski definition) is 6. The van der Waals surface area contributed by atoms with E-state index >= 15 is 0 Å². The Hall–Kier alpha value is -5.50. The van der Waals surface area contributed by atoms with Crippen LogP contribution >= 0.6 is 0 Å². The zero-order valence-corrected chi connectivity index (χ0v) is 25.9. The van der Waals surface area contributed by atoms with Crippen LogP contribution in [0.15, 0.2) is 122 Å². The van der Waals surface area contributed by atoms with Gasteiger partial charge >= 0.3 is 0 Å². The number of likely N-dealkylation sites (tertiary alicyclic amines) is 2. The maximum Gasteiger partial charge on any atom is 0.182 e. The van der Waals surface area contributed by atoms with Gasteiger partial charge in [0.05, 0.1) is 11.4 Å². The van der Waals surface area contributed by atoms with Crippen molar-refractivity contribution < 1.29 is 0 Å². The summed E-state index contributed by atoms with van der Waals surface area (Å²) in [6.07, 6.45) is 21.6. The van der Waals surface area contributed by atoms with Gasteiger partial charge in [-0.1, -0.05) is 66.7 Å². The van der Waals surface area contributed by atoms with E-state index in [2.05, 4.69) is 40.4 Å². The summed E-state index contributed by atoms with van der Waals surface area (Å²) in [5.41, 5.74) is 3.71. The van der Waals surface area contributed by atoms with Crippen molar-refractivity contribution in [1.29, 1.82) is 0 Å². The molecule has 5 aromatic rings. The molecular formula is C38H38N8. The Morgan fingerprint density at radius 3 is 1.35 bits per heavy atom. The molecule has 0 bridgehead atoms. The molecule has 0 saturated carbocycles. The zero-order valence-electron chi connectivity index (χ0n) is 25.9. The Morgan fingerprint density at radius 1 is 0.478 bits per heavy atom. The summed E-state index contributed by atoms with van der Waals surface area (Å²) in [7, 11) is 0. The number of aromatic nitrogens is 6. The molecule has 0 radical (unpaired) electrons. The van der Waals surface area contributed by atoms with Crippen LogP contribution in [0.25, 0.3) is 46.3 Å². The molecule has 3 aromatic carbocycles. The predicted octanol–water partition coefficient (Wildman–Crippen LogP) is 7.43. The molecule has 0 amide bonds. The molecule has 0 spiro atoms. The first-order valence-electron chi connectivity index (χ1n) is 16.1. The van der Waals surface area contributed by atoms with Gasteiger partial charge in [0.25, 0.3) is 0 Å². The zero-order chi connectivity index (χ0) is 31.0. The van der Waals surface area contributed by atoms with E-state index in [4.69, 9.17) is 20.2 Å². The summed E-state index contributed by atoms with van der Waals surface area (Å²) >= 11 is 0. The van der Waals surface area contributed by atoms with E-state index in [1.54, 1.807) is 0 Å². The molecule has 2 aromatic heterocycles. The van der Waals surface area contributed by atoms with Crippen molar-refractivity contribution in [3.63, 3.8) is 0 Å². The molecule has 230 valence electrons. The summed E-state index contributed by atoms with van der Waals surface area (Å²) in [4.78, 5) is 14.6. The van der Waals surface area contributed by atoms with E-state index in [0.29, 0.717) is 11.6 Å². The van der Waals surface area contributed by atoms with Crippen molar-refractivity contribution in [3.05, 3.63) is 133 Å². The van der Waals surface area contributed by atoms with Crippen molar-refractivity contribution in [2.75, 3.05) is 26.2 Å². The normalized spacial score (nSPS) is 15.6. The van der Waals surface area contributed by atoms with Crippen LogP contribution < -0.4 is 0 Å². The largest absolute Gasteiger partial charge is 0.377 e. The highest BCUT2D eigenvalue weighted by Gasteiger charge is 2.15. The number of allylic oxidation sites excluding steroid dienone is 4. The Labute approximate surface area is 270 Å². The third kappa shape index (κ3) is 6.91. The molecule has 2 saturated heterocycles. The van der Waals surface area contributed by atoms with Crippen molar-refractivity contribution in [3.8, 4) is 34.2 Å². The lowest BCUT2D eigenvalue weighted by atomic mass is 10.1. The Kier molecular flexibility index (Phi) is 8.94. The number of para-hydroxylation sites is 2. The lowest BCUT2D eigenvalue weighted by Crippen LogP contribution is -2.09. The fraction of sp³-hybridized carbons (Fsp3) is 0.211. The second-order valence-electron chi connectivity index (χ2n) is 11.6. The molecule has 7 rings (SSSR count). The number of nitrogens with zero attached hydrogens (tertiary/aromatic N) is 8. The summed E-state index contributed by atoms with van der Waals surface area (Å²) in [5.74, 6) is 2.81. The predicted molar refractivity (Wildman–Crippen MR) is 185 cm³/mol. The van der Waals surface area contributed by atoms with Crippen LogP contribution in [0.1, 0.15) is 37.3 Å². The van der Waals surface area contributed by atoms with Crippen LogP contribution in [0, 0.1) is 0 Å². The molecule has 2 aliphatic rings. The summed E-state index contributed by atoms with van der Waals surface area (Å²) in [5, 5.41) is 9.89. The summed E-state index contributed by atoms with van der Waals surface area (Å²) in [6, 6.07) is 28.4. The van der Waals surface area contributed by atoms with Crippen molar-refractivity contribution >= 4 is 12.2 Å². The molecule has 8 nitrogen and oxygen atoms in total. The standard InChI is InChI=1S/C38H38N8/c1-3-18-33(19-4-1)45-35(22-7-9-24-43-26-11-12-27-43)39-37(41-45)31-16-15-17-32(30-31)38-40-36(23-8-10-25-44-28-13-14-29-44)46(42-38)34-20-5-2-6-21-34/h1-10,15-25,30H,11-14,26-29H2/b22-7+,23-8+,24-9+,25-10+. The fourth-order valence-corrected chi connectivity index (χ4v) is 5.83. The number of rotatable bonds is 10. The van der Waals surface area contributed by atoms with Gasteiger partial charge < -0.3 is 9.80 Å². The van der Waals surface area contributed by atoms with Gasteiger partial charge in [-0.3, -0.25) is 0 Å². The smallest absolute Gasteiger partial charge is 0.182 e. The van der Waals surface area contributed by atoms with Gasteiger partial charge in [0, 0.05) is 37.3 Å². The third-order valence-electron chi connectivity index (χ3n) is 8.23. The Morgan fingerprint density at radius 2 is 0.913 bits per heavy atom. The van der Waals surface area contributed by atoms with Gasteiger partial charge in [-0.05, 0) is 92.7 Å². The molecule has 0 unspecified atom stereocenters. The topological polar surface area (TPSA) is 67.9 Å². The maximum absolute atomic E-state index is 4.96. The lowest BCUT2D eigenvalue weighted by molar-refractivity contribution is 0.468. The van der Waals surface area contributed by atoms with Crippen LogP contribution in [0.5, 0.6) is 0 Å². The molecule has 0 aliphatic carbocycles. The van der Waals surface area contributed by atoms with Crippen LogP contribution in [0.3, 0.4) is 0 Å². The monoisotopic (exact) mass is 606 g/mol. The van der Waals surface area contributed by atoms with Crippen molar-refractivity contribution in [2.24, 2.45) is 0 Å². The first-order valence-corrected chi connectivity index (χ1v) is 16.1. The van der Waals surface area contributed by atoms with Crippen LogP contribution in [0.4, 0.5) is 0 Å². The van der Waals surface area contributed by atoms with Crippen molar-refractivity contribution in [2.45, 2.75) is 25.7 Å². The fourth-order valence-electron chi connectivity index (χ4n) is 5.83. The Balaban J connectivity index is 1.19. The third-order valence-corrected chi connectivity index (χ3v) is 8.23. The lowest BCUT2D eigenvalue weighted by Gasteiger charge is -2.08. The minimum atomic E-state index is 0.642. The molecule has 2 fully saturated rings. The molecular weight excluding hydrogens is 568 g/mol. The Bertz CT molecular complexity index is 1720. The molecule has 4 heterocycles.